The van der Waals surface area contributed by atoms with Gasteiger partial charge in [-0.15, -0.1) is 0 Å². The van der Waals surface area contributed by atoms with Gasteiger partial charge in [0.1, 0.15) is 5.75 Å². The van der Waals surface area contributed by atoms with Crippen molar-refractivity contribution in [1.82, 2.24) is 4.90 Å². The number of hydrogen-bond donors (Lipinski definition) is 1. The zero-order chi connectivity index (χ0) is 16.3. The number of rotatable bonds is 5. The Morgan fingerprint density at radius 1 is 1.36 bits per heavy atom. The Hall–Kier alpha value is -2.04. The SMILES string of the molecule is Cc1cccc(OCCC(=O)N2CCC(C)(C(=O)O)C2)c1C. The lowest BCUT2D eigenvalue weighted by molar-refractivity contribution is -0.147. The van der Waals surface area contributed by atoms with Gasteiger partial charge in [-0.3, -0.25) is 9.59 Å². The van der Waals surface area contributed by atoms with Crippen LogP contribution in [0.25, 0.3) is 0 Å². The van der Waals surface area contributed by atoms with Gasteiger partial charge in [-0.05, 0) is 44.4 Å². The van der Waals surface area contributed by atoms with Crippen molar-refractivity contribution < 1.29 is 19.4 Å². The largest absolute Gasteiger partial charge is 0.493 e. The van der Waals surface area contributed by atoms with Gasteiger partial charge in [0.2, 0.25) is 5.91 Å². The highest BCUT2D eigenvalue weighted by Gasteiger charge is 2.41. The van der Waals surface area contributed by atoms with E-state index in [1.54, 1.807) is 11.8 Å². The predicted molar refractivity (Wildman–Crippen MR) is 83.0 cm³/mol. The topological polar surface area (TPSA) is 66.8 Å². The van der Waals surface area contributed by atoms with Crippen molar-refractivity contribution in [3.05, 3.63) is 29.3 Å². The van der Waals surface area contributed by atoms with Crippen LogP contribution < -0.4 is 4.74 Å². The monoisotopic (exact) mass is 305 g/mol. The van der Waals surface area contributed by atoms with E-state index < -0.39 is 11.4 Å². The van der Waals surface area contributed by atoms with Crippen molar-refractivity contribution in [2.45, 2.75) is 33.6 Å². The van der Waals surface area contributed by atoms with Crippen LogP contribution in [0.2, 0.25) is 0 Å². The van der Waals surface area contributed by atoms with Gasteiger partial charge < -0.3 is 14.7 Å². The standard InChI is InChI=1S/C17H23NO4/c1-12-5-4-6-14(13(12)2)22-10-7-15(19)18-9-8-17(3,11-18)16(20)21/h4-6H,7-11H2,1-3H3,(H,20,21). The average molecular weight is 305 g/mol. The first-order valence-corrected chi connectivity index (χ1v) is 7.54. The van der Waals surface area contributed by atoms with Crippen molar-refractivity contribution in [2.24, 2.45) is 5.41 Å². The van der Waals surface area contributed by atoms with Gasteiger partial charge in [0, 0.05) is 13.1 Å². The second kappa shape index (κ2) is 6.38. The third-order valence-electron chi connectivity index (χ3n) is 4.47. The summed E-state index contributed by atoms with van der Waals surface area (Å²) < 4.78 is 5.68. The van der Waals surface area contributed by atoms with E-state index in [1.165, 1.54) is 0 Å². The second-order valence-electron chi connectivity index (χ2n) is 6.23. The molecule has 0 saturated carbocycles. The van der Waals surface area contributed by atoms with Crippen LogP contribution >= 0.6 is 0 Å². The molecule has 1 atom stereocenters. The summed E-state index contributed by atoms with van der Waals surface area (Å²) in [6.45, 7) is 6.80. The number of hydrogen-bond acceptors (Lipinski definition) is 3. The number of likely N-dealkylation sites (tertiary alicyclic amines) is 1. The first-order chi connectivity index (χ1) is 10.3. The van der Waals surface area contributed by atoms with E-state index >= 15 is 0 Å². The highest BCUT2D eigenvalue weighted by molar-refractivity contribution is 5.80. The van der Waals surface area contributed by atoms with E-state index in [0.717, 1.165) is 16.9 Å². The number of carbonyl (C=O) groups is 2. The Kier molecular flexibility index (Phi) is 4.74. The molecule has 0 spiro atoms. The summed E-state index contributed by atoms with van der Waals surface area (Å²) in [4.78, 5) is 25.0. The van der Waals surface area contributed by atoms with Crippen molar-refractivity contribution in [3.8, 4) is 5.75 Å². The summed E-state index contributed by atoms with van der Waals surface area (Å²) >= 11 is 0. The predicted octanol–water partition coefficient (Wildman–Crippen LogP) is 2.40. The van der Waals surface area contributed by atoms with Gasteiger partial charge in [-0.1, -0.05) is 12.1 Å². The van der Waals surface area contributed by atoms with Gasteiger partial charge in [0.25, 0.3) is 0 Å². The summed E-state index contributed by atoms with van der Waals surface area (Å²) in [5, 5.41) is 9.19. The van der Waals surface area contributed by atoms with E-state index in [2.05, 4.69) is 0 Å². The Morgan fingerprint density at radius 3 is 2.73 bits per heavy atom. The Balaban J connectivity index is 1.84. The molecule has 1 N–H and O–H groups in total. The fraction of sp³-hybridized carbons (Fsp3) is 0.529. The third-order valence-corrected chi connectivity index (χ3v) is 4.47. The number of aliphatic carboxylic acids is 1. The molecule has 0 radical (unpaired) electrons. The van der Waals surface area contributed by atoms with E-state index in [1.807, 2.05) is 32.0 Å². The van der Waals surface area contributed by atoms with Crippen LogP contribution in [0.4, 0.5) is 0 Å². The molecule has 120 valence electrons. The number of carboxylic acid groups (broad SMARTS) is 1. The lowest BCUT2D eigenvalue weighted by Gasteiger charge is -2.20. The van der Waals surface area contributed by atoms with Gasteiger partial charge >= 0.3 is 5.97 Å². The summed E-state index contributed by atoms with van der Waals surface area (Å²) in [7, 11) is 0. The molecule has 1 aliphatic rings. The van der Waals surface area contributed by atoms with E-state index in [9.17, 15) is 14.7 Å². The molecule has 1 saturated heterocycles. The molecule has 1 aromatic carbocycles. The first-order valence-electron chi connectivity index (χ1n) is 7.54. The van der Waals surface area contributed by atoms with E-state index in [0.29, 0.717) is 19.6 Å². The lowest BCUT2D eigenvalue weighted by atomic mass is 9.90. The van der Waals surface area contributed by atoms with Gasteiger partial charge in [-0.25, -0.2) is 0 Å². The van der Waals surface area contributed by atoms with E-state index in [4.69, 9.17) is 4.74 Å². The molecular weight excluding hydrogens is 282 g/mol. The van der Waals surface area contributed by atoms with Crippen LogP contribution in [0.5, 0.6) is 5.75 Å². The Morgan fingerprint density at radius 2 is 2.09 bits per heavy atom. The number of carbonyl (C=O) groups excluding carboxylic acids is 1. The maximum absolute atomic E-state index is 12.2. The minimum Gasteiger partial charge on any atom is -0.493 e. The molecule has 5 nitrogen and oxygen atoms in total. The third kappa shape index (κ3) is 3.40. The fourth-order valence-electron chi connectivity index (χ4n) is 2.64. The first kappa shape index (κ1) is 16.3. The molecule has 5 heteroatoms. The molecule has 0 aromatic heterocycles. The lowest BCUT2D eigenvalue weighted by Crippen LogP contribution is -2.35. The number of amides is 1. The van der Waals surface area contributed by atoms with Gasteiger partial charge in [0.15, 0.2) is 0 Å². The molecule has 1 heterocycles. The number of carboxylic acids is 1. The van der Waals surface area contributed by atoms with Crippen LogP contribution in [-0.2, 0) is 9.59 Å². The average Bonchev–Trinajstić information content (AvgIpc) is 2.87. The number of nitrogens with zero attached hydrogens (tertiary/aromatic N) is 1. The van der Waals surface area contributed by atoms with Gasteiger partial charge in [0.05, 0.1) is 18.4 Å². The minimum absolute atomic E-state index is 0.0460. The molecule has 2 rings (SSSR count). The molecule has 22 heavy (non-hydrogen) atoms. The minimum atomic E-state index is -0.838. The van der Waals surface area contributed by atoms with Gasteiger partial charge in [-0.2, -0.15) is 0 Å². The van der Waals surface area contributed by atoms with E-state index in [-0.39, 0.29) is 18.9 Å². The van der Waals surface area contributed by atoms with Crippen molar-refractivity contribution in [2.75, 3.05) is 19.7 Å². The van der Waals surface area contributed by atoms with Crippen molar-refractivity contribution in [3.63, 3.8) is 0 Å². The molecular formula is C17H23NO4. The maximum Gasteiger partial charge on any atom is 0.311 e. The molecule has 1 amide bonds. The molecule has 0 bridgehead atoms. The fourth-order valence-corrected chi connectivity index (χ4v) is 2.64. The number of aryl methyl sites for hydroxylation is 1. The summed E-state index contributed by atoms with van der Waals surface area (Å²) in [6.07, 6.45) is 0.773. The normalized spacial score (nSPS) is 21.0. The second-order valence-corrected chi connectivity index (χ2v) is 6.23. The smallest absolute Gasteiger partial charge is 0.311 e. The zero-order valence-corrected chi connectivity index (χ0v) is 13.4. The number of benzene rings is 1. The van der Waals surface area contributed by atoms with Crippen molar-refractivity contribution >= 4 is 11.9 Å². The Labute approximate surface area is 130 Å². The van der Waals surface area contributed by atoms with Crippen LogP contribution in [0.1, 0.15) is 30.9 Å². The van der Waals surface area contributed by atoms with Crippen molar-refractivity contribution in [1.29, 1.82) is 0 Å². The summed E-state index contributed by atoms with van der Waals surface area (Å²) in [5.41, 5.74) is 1.42. The van der Waals surface area contributed by atoms with Crippen LogP contribution in [-0.4, -0.2) is 41.6 Å². The summed E-state index contributed by atoms with van der Waals surface area (Å²) in [5.74, 6) is -0.0886. The quantitative estimate of drug-likeness (QED) is 0.907. The Bertz CT molecular complexity index is 584. The molecule has 1 fully saturated rings. The molecule has 0 aliphatic carbocycles. The van der Waals surface area contributed by atoms with Crippen LogP contribution in [0.15, 0.2) is 18.2 Å². The number of ether oxygens (including phenoxy) is 1. The van der Waals surface area contributed by atoms with Crippen LogP contribution in [0.3, 0.4) is 0 Å². The molecule has 1 unspecified atom stereocenters. The summed E-state index contributed by atoms with van der Waals surface area (Å²) in [6, 6.07) is 5.84. The highest BCUT2D eigenvalue weighted by atomic mass is 16.5. The maximum atomic E-state index is 12.2. The molecule has 1 aromatic rings. The molecule has 1 aliphatic heterocycles. The zero-order valence-electron chi connectivity index (χ0n) is 13.4. The highest BCUT2D eigenvalue weighted by Crippen LogP contribution is 2.30. The van der Waals surface area contributed by atoms with Crippen LogP contribution in [0, 0.1) is 19.3 Å².